The molecular formula is C16H24O2Si. The van der Waals surface area contributed by atoms with E-state index in [4.69, 9.17) is 4.43 Å². The van der Waals surface area contributed by atoms with Gasteiger partial charge in [0, 0.05) is 12.8 Å². The fourth-order valence-electron chi connectivity index (χ4n) is 2.10. The van der Waals surface area contributed by atoms with Gasteiger partial charge < -0.3 is 4.43 Å². The molecule has 1 aromatic rings. The van der Waals surface area contributed by atoms with E-state index in [-0.39, 0.29) is 5.04 Å². The fourth-order valence-corrected chi connectivity index (χ4v) is 3.12. The zero-order chi connectivity index (χ0) is 14.3. The van der Waals surface area contributed by atoms with Gasteiger partial charge >= 0.3 is 0 Å². The maximum atomic E-state index is 11.5. The molecule has 104 valence electrons. The first-order valence-corrected chi connectivity index (χ1v) is 9.92. The van der Waals surface area contributed by atoms with Crippen LogP contribution in [0.3, 0.4) is 0 Å². The summed E-state index contributed by atoms with van der Waals surface area (Å²) >= 11 is 0. The summed E-state index contributed by atoms with van der Waals surface area (Å²) in [5.41, 5.74) is 2.47. The largest absolute Gasteiger partial charge is 0.543 e. The quantitative estimate of drug-likeness (QED) is 0.759. The van der Waals surface area contributed by atoms with Crippen LogP contribution in [0.4, 0.5) is 0 Å². The second kappa shape index (κ2) is 4.78. The average Bonchev–Trinajstić information content (AvgIpc) is 2.26. The van der Waals surface area contributed by atoms with Crippen LogP contribution in [0.5, 0.6) is 5.75 Å². The van der Waals surface area contributed by atoms with Crippen LogP contribution in [0.1, 0.15) is 38.3 Å². The van der Waals surface area contributed by atoms with E-state index in [9.17, 15) is 4.79 Å². The van der Waals surface area contributed by atoms with Gasteiger partial charge in [0.05, 0.1) is 0 Å². The molecule has 0 N–H and O–H groups in total. The highest BCUT2D eigenvalue weighted by atomic mass is 28.4. The van der Waals surface area contributed by atoms with Crippen molar-refractivity contribution in [3.8, 4) is 5.75 Å². The first kappa shape index (κ1) is 14.3. The van der Waals surface area contributed by atoms with Crippen molar-refractivity contribution in [1.82, 2.24) is 0 Å². The van der Waals surface area contributed by atoms with Crippen LogP contribution >= 0.6 is 0 Å². The van der Waals surface area contributed by atoms with E-state index in [2.05, 4.69) is 52.1 Å². The van der Waals surface area contributed by atoms with E-state index < -0.39 is 8.32 Å². The summed E-state index contributed by atoms with van der Waals surface area (Å²) in [6, 6.07) is 6.27. The monoisotopic (exact) mass is 276 g/mol. The van der Waals surface area contributed by atoms with E-state index in [0.717, 1.165) is 17.7 Å². The molecule has 1 aromatic carbocycles. The Morgan fingerprint density at radius 2 is 1.79 bits per heavy atom. The van der Waals surface area contributed by atoms with Gasteiger partial charge in [-0.05, 0) is 47.8 Å². The Morgan fingerprint density at radius 1 is 1.11 bits per heavy atom. The lowest BCUT2D eigenvalue weighted by Gasteiger charge is -2.36. The van der Waals surface area contributed by atoms with Gasteiger partial charge in [-0.3, -0.25) is 4.79 Å². The van der Waals surface area contributed by atoms with Gasteiger partial charge in [-0.15, -0.1) is 0 Å². The lowest BCUT2D eigenvalue weighted by atomic mass is 9.91. The van der Waals surface area contributed by atoms with Crippen LogP contribution in [0.15, 0.2) is 18.2 Å². The first-order chi connectivity index (χ1) is 8.69. The van der Waals surface area contributed by atoms with E-state index in [1.165, 1.54) is 5.56 Å². The maximum absolute atomic E-state index is 11.5. The Morgan fingerprint density at radius 3 is 2.42 bits per heavy atom. The minimum absolute atomic E-state index is 0.193. The van der Waals surface area contributed by atoms with E-state index >= 15 is 0 Å². The molecule has 0 spiro atoms. The number of rotatable bonds is 2. The van der Waals surface area contributed by atoms with Crippen LogP contribution in [0.25, 0.3) is 0 Å². The molecule has 0 heterocycles. The Labute approximate surface area is 117 Å². The number of fused-ring (bicyclic) bond motifs is 1. The van der Waals surface area contributed by atoms with Crippen molar-refractivity contribution < 1.29 is 9.22 Å². The third-order valence-electron chi connectivity index (χ3n) is 4.42. The molecule has 0 atom stereocenters. The molecule has 0 bridgehead atoms. The third-order valence-corrected chi connectivity index (χ3v) is 8.78. The summed E-state index contributed by atoms with van der Waals surface area (Å²) in [6.45, 7) is 11.2. The van der Waals surface area contributed by atoms with Crippen molar-refractivity contribution in [1.29, 1.82) is 0 Å². The minimum atomic E-state index is -1.79. The number of carbonyl (C=O) groups is 1. The zero-order valence-corrected chi connectivity index (χ0v) is 13.7. The molecule has 19 heavy (non-hydrogen) atoms. The Balaban J connectivity index is 2.23. The molecule has 3 heteroatoms. The molecule has 1 aliphatic carbocycles. The number of ketones is 1. The lowest BCUT2D eigenvalue weighted by Crippen LogP contribution is -2.43. The average molecular weight is 276 g/mol. The highest BCUT2D eigenvalue weighted by Crippen LogP contribution is 2.38. The molecule has 0 fully saturated rings. The zero-order valence-electron chi connectivity index (χ0n) is 12.7. The highest BCUT2D eigenvalue weighted by molar-refractivity contribution is 6.74. The molecule has 0 radical (unpaired) electrons. The summed E-state index contributed by atoms with van der Waals surface area (Å²) in [5.74, 6) is 1.28. The predicted octanol–water partition coefficient (Wildman–Crippen LogP) is 4.13. The van der Waals surface area contributed by atoms with E-state index in [1.54, 1.807) is 0 Å². The molecule has 0 amide bonds. The number of aryl methyl sites for hydroxylation is 1. The number of benzene rings is 1. The van der Waals surface area contributed by atoms with Crippen molar-refractivity contribution in [2.24, 2.45) is 0 Å². The molecule has 1 aliphatic rings. The standard InChI is InChI=1S/C16H24O2Si/c1-16(2,3)19(4,5)18-15-9-7-12-6-8-14(17)10-13(12)11-15/h7,9,11H,6,8,10H2,1-5H3. The van der Waals surface area contributed by atoms with Crippen molar-refractivity contribution in [2.45, 2.75) is 58.2 Å². The van der Waals surface area contributed by atoms with Crippen LogP contribution in [-0.4, -0.2) is 14.1 Å². The van der Waals surface area contributed by atoms with Gasteiger partial charge in [-0.1, -0.05) is 26.8 Å². The molecular weight excluding hydrogens is 252 g/mol. The summed E-state index contributed by atoms with van der Waals surface area (Å²) in [4.78, 5) is 11.5. The number of carbonyl (C=O) groups excluding carboxylic acids is 1. The van der Waals surface area contributed by atoms with E-state index in [1.807, 2.05) is 0 Å². The van der Waals surface area contributed by atoms with Gasteiger partial charge in [0.2, 0.25) is 8.32 Å². The normalized spacial score (nSPS) is 16.2. The smallest absolute Gasteiger partial charge is 0.250 e. The lowest BCUT2D eigenvalue weighted by molar-refractivity contribution is -0.118. The number of hydrogen-bond acceptors (Lipinski definition) is 2. The summed E-state index contributed by atoms with van der Waals surface area (Å²) in [5, 5.41) is 0.193. The van der Waals surface area contributed by atoms with Gasteiger partial charge in [-0.25, -0.2) is 0 Å². The molecule has 2 nitrogen and oxygen atoms in total. The molecule has 0 aliphatic heterocycles. The molecule has 0 aromatic heterocycles. The van der Waals surface area contributed by atoms with Gasteiger partial charge in [0.1, 0.15) is 11.5 Å². The van der Waals surface area contributed by atoms with Crippen molar-refractivity contribution in [3.63, 3.8) is 0 Å². The summed E-state index contributed by atoms with van der Waals surface area (Å²) in [7, 11) is -1.79. The predicted molar refractivity (Wildman–Crippen MR) is 81.3 cm³/mol. The van der Waals surface area contributed by atoms with Crippen molar-refractivity contribution in [3.05, 3.63) is 29.3 Å². The summed E-state index contributed by atoms with van der Waals surface area (Å²) in [6.07, 6.45) is 2.15. The summed E-state index contributed by atoms with van der Waals surface area (Å²) < 4.78 is 6.30. The number of Topliss-reactive ketones (excluding diaryl/α,β-unsaturated/α-hetero) is 1. The number of hydrogen-bond donors (Lipinski definition) is 0. The second-order valence-corrected chi connectivity index (χ2v) is 11.7. The second-order valence-electron chi connectivity index (χ2n) is 7.01. The van der Waals surface area contributed by atoms with Crippen LogP contribution < -0.4 is 4.43 Å². The first-order valence-electron chi connectivity index (χ1n) is 7.01. The third kappa shape index (κ3) is 3.08. The van der Waals surface area contributed by atoms with Crippen LogP contribution in [0, 0.1) is 0 Å². The van der Waals surface area contributed by atoms with Crippen molar-refractivity contribution in [2.75, 3.05) is 0 Å². The van der Waals surface area contributed by atoms with Crippen LogP contribution in [0.2, 0.25) is 18.1 Å². The maximum Gasteiger partial charge on any atom is 0.250 e. The molecule has 0 unspecified atom stereocenters. The van der Waals surface area contributed by atoms with E-state index in [0.29, 0.717) is 18.6 Å². The van der Waals surface area contributed by atoms with Gasteiger partial charge in [0.15, 0.2) is 0 Å². The molecule has 0 saturated carbocycles. The van der Waals surface area contributed by atoms with Crippen molar-refractivity contribution >= 4 is 14.1 Å². The molecule has 0 saturated heterocycles. The van der Waals surface area contributed by atoms with Gasteiger partial charge in [0.25, 0.3) is 0 Å². The molecule has 2 rings (SSSR count). The minimum Gasteiger partial charge on any atom is -0.543 e. The highest BCUT2D eigenvalue weighted by Gasteiger charge is 2.39. The van der Waals surface area contributed by atoms with Gasteiger partial charge in [-0.2, -0.15) is 0 Å². The van der Waals surface area contributed by atoms with Crippen LogP contribution in [-0.2, 0) is 17.6 Å². The Kier molecular flexibility index (Phi) is 3.60. The Hall–Kier alpha value is -1.09. The fraction of sp³-hybridized carbons (Fsp3) is 0.562. The topological polar surface area (TPSA) is 26.3 Å². The SMILES string of the molecule is CC(C)(C)[Si](C)(C)Oc1ccc2c(c1)CC(=O)CC2. The Bertz CT molecular complexity index is 498.